The molecule has 1 atom stereocenters. The van der Waals surface area contributed by atoms with Gasteiger partial charge in [0.15, 0.2) is 0 Å². The summed E-state index contributed by atoms with van der Waals surface area (Å²) < 4.78 is 5.56. The van der Waals surface area contributed by atoms with Crippen molar-refractivity contribution in [1.29, 1.82) is 0 Å². The number of aromatic nitrogens is 1. The Labute approximate surface area is 136 Å². The van der Waals surface area contributed by atoms with Crippen molar-refractivity contribution in [2.45, 2.75) is 25.9 Å². The van der Waals surface area contributed by atoms with Crippen LogP contribution < -0.4 is 10.6 Å². The average molecular weight is 311 g/mol. The summed E-state index contributed by atoms with van der Waals surface area (Å²) in [6.07, 6.45) is 4.16. The van der Waals surface area contributed by atoms with E-state index < -0.39 is 0 Å². The number of ether oxygens (including phenoxy) is 1. The highest BCUT2D eigenvalue weighted by Gasteiger charge is 2.15. The van der Waals surface area contributed by atoms with E-state index in [0.29, 0.717) is 11.3 Å². The molecule has 2 heterocycles. The number of carbonyl (C=O) groups is 1. The number of amides is 1. The third-order valence-corrected chi connectivity index (χ3v) is 3.84. The van der Waals surface area contributed by atoms with Gasteiger partial charge in [0.1, 0.15) is 5.82 Å². The maximum absolute atomic E-state index is 12.2. The molecule has 1 aliphatic rings. The van der Waals surface area contributed by atoms with E-state index in [1.54, 1.807) is 12.3 Å². The summed E-state index contributed by atoms with van der Waals surface area (Å²) in [4.78, 5) is 16.5. The topological polar surface area (TPSA) is 63.2 Å². The van der Waals surface area contributed by atoms with Crippen LogP contribution in [0.4, 0.5) is 11.5 Å². The Balaban J connectivity index is 1.55. The van der Waals surface area contributed by atoms with Crippen LogP contribution in [0.2, 0.25) is 0 Å². The van der Waals surface area contributed by atoms with E-state index in [2.05, 4.69) is 15.6 Å². The summed E-state index contributed by atoms with van der Waals surface area (Å²) in [5.74, 6) is 0.657. The zero-order chi connectivity index (χ0) is 16.1. The first kappa shape index (κ1) is 15.5. The number of hydrogen-bond donors (Lipinski definition) is 2. The van der Waals surface area contributed by atoms with Crippen molar-refractivity contribution in [2.24, 2.45) is 0 Å². The minimum Gasteiger partial charge on any atom is -0.376 e. The molecule has 2 N–H and O–H groups in total. The van der Waals surface area contributed by atoms with Gasteiger partial charge < -0.3 is 15.4 Å². The average Bonchev–Trinajstić information content (AvgIpc) is 3.08. The second kappa shape index (κ2) is 7.24. The van der Waals surface area contributed by atoms with Crippen molar-refractivity contribution in [2.75, 3.05) is 23.8 Å². The molecule has 1 saturated heterocycles. The van der Waals surface area contributed by atoms with E-state index in [-0.39, 0.29) is 12.0 Å². The van der Waals surface area contributed by atoms with E-state index in [1.165, 1.54) is 0 Å². The summed E-state index contributed by atoms with van der Waals surface area (Å²) in [6, 6.07) is 11.2. The van der Waals surface area contributed by atoms with Crippen molar-refractivity contribution in [3.63, 3.8) is 0 Å². The fraction of sp³-hybridized carbons (Fsp3) is 0.333. The molecular weight excluding hydrogens is 290 g/mol. The predicted octanol–water partition coefficient (Wildman–Crippen LogP) is 3.23. The number of hydrogen-bond acceptors (Lipinski definition) is 4. The van der Waals surface area contributed by atoms with Crippen molar-refractivity contribution >= 4 is 17.4 Å². The molecule has 1 amide bonds. The summed E-state index contributed by atoms with van der Waals surface area (Å²) in [5.41, 5.74) is 2.38. The molecule has 23 heavy (non-hydrogen) atoms. The third-order valence-electron chi connectivity index (χ3n) is 3.84. The van der Waals surface area contributed by atoms with Gasteiger partial charge in [0.2, 0.25) is 0 Å². The molecule has 0 aliphatic carbocycles. The first-order valence-electron chi connectivity index (χ1n) is 7.90. The van der Waals surface area contributed by atoms with E-state index in [1.807, 2.05) is 37.3 Å². The van der Waals surface area contributed by atoms with Gasteiger partial charge in [0.05, 0.1) is 18.0 Å². The minimum atomic E-state index is -0.129. The van der Waals surface area contributed by atoms with Crippen LogP contribution in [0.25, 0.3) is 0 Å². The van der Waals surface area contributed by atoms with Gasteiger partial charge >= 0.3 is 0 Å². The number of rotatable bonds is 5. The Morgan fingerprint density at radius 1 is 1.35 bits per heavy atom. The van der Waals surface area contributed by atoms with Crippen LogP contribution >= 0.6 is 0 Å². The number of carbonyl (C=O) groups excluding carboxylic acids is 1. The lowest BCUT2D eigenvalue weighted by atomic mass is 10.1. The lowest BCUT2D eigenvalue weighted by Crippen LogP contribution is -2.19. The molecule has 0 bridgehead atoms. The van der Waals surface area contributed by atoms with Crippen LogP contribution in [0.3, 0.4) is 0 Å². The molecule has 2 aromatic rings. The Morgan fingerprint density at radius 3 is 2.96 bits per heavy atom. The van der Waals surface area contributed by atoms with Gasteiger partial charge in [-0.1, -0.05) is 17.7 Å². The molecule has 1 aliphatic heterocycles. The lowest BCUT2D eigenvalue weighted by Gasteiger charge is -2.11. The molecule has 0 spiro atoms. The molecule has 1 aromatic heterocycles. The highest BCUT2D eigenvalue weighted by molar-refractivity contribution is 6.04. The predicted molar refractivity (Wildman–Crippen MR) is 90.8 cm³/mol. The lowest BCUT2D eigenvalue weighted by molar-refractivity contribution is 0.102. The second-order valence-electron chi connectivity index (χ2n) is 5.77. The Hall–Kier alpha value is -2.40. The summed E-state index contributed by atoms with van der Waals surface area (Å²) in [7, 11) is 0. The Morgan fingerprint density at radius 2 is 2.26 bits per heavy atom. The van der Waals surface area contributed by atoms with Gasteiger partial charge in [-0.2, -0.15) is 0 Å². The van der Waals surface area contributed by atoms with Gasteiger partial charge in [-0.25, -0.2) is 4.98 Å². The zero-order valence-electron chi connectivity index (χ0n) is 13.2. The molecule has 120 valence electrons. The number of benzene rings is 1. The largest absolute Gasteiger partial charge is 0.376 e. The van der Waals surface area contributed by atoms with Crippen LogP contribution in [0.1, 0.15) is 28.8 Å². The van der Waals surface area contributed by atoms with Crippen LogP contribution in [0, 0.1) is 6.92 Å². The molecule has 1 unspecified atom stereocenters. The van der Waals surface area contributed by atoms with Crippen LogP contribution in [0.5, 0.6) is 0 Å². The number of nitrogens with zero attached hydrogens (tertiary/aromatic N) is 1. The number of aryl methyl sites for hydroxylation is 1. The Kier molecular flexibility index (Phi) is 4.88. The zero-order valence-corrected chi connectivity index (χ0v) is 13.2. The second-order valence-corrected chi connectivity index (χ2v) is 5.77. The maximum Gasteiger partial charge on any atom is 0.255 e. The van der Waals surface area contributed by atoms with E-state index in [9.17, 15) is 4.79 Å². The van der Waals surface area contributed by atoms with Crippen molar-refractivity contribution in [1.82, 2.24) is 4.98 Å². The molecule has 3 rings (SSSR count). The highest BCUT2D eigenvalue weighted by Crippen LogP contribution is 2.15. The van der Waals surface area contributed by atoms with Crippen molar-refractivity contribution < 1.29 is 9.53 Å². The van der Waals surface area contributed by atoms with E-state index >= 15 is 0 Å². The first-order valence-corrected chi connectivity index (χ1v) is 7.90. The third kappa shape index (κ3) is 4.29. The van der Waals surface area contributed by atoms with Crippen LogP contribution in [0.15, 0.2) is 42.6 Å². The highest BCUT2D eigenvalue weighted by atomic mass is 16.5. The summed E-state index contributed by atoms with van der Waals surface area (Å²) in [5, 5.41) is 6.11. The van der Waals surface area contributed by atoms with Gasteiger partial charge in [-0.15, -0.1) is 0 Å². The van der Waals surface area contributed by atoms with Gasteiger partial charge in [0, 0.05) is 18.7 Å². The summed E-state index contributed by atoms with van der Waals surface area (Å²) in [6.45, 7) is 3.58. The standard InChI is InChI=1S/C18H21N3O2/c1-13-4-2-5-14(10-13)18(22)21-15-7-8-17(19-11-15)20-12-16-6-3-9-23-16/h2,4-5,7-8,10-11,16H,3,6,9,12H2,1H3,(H,19,20)(H,21,22). The number of pyridine rings is 1. The molecule has 5 heteroatoms. The van der Waals surface area contributed by atoms with Gasteiger partial charge in [-0.05, 0) is 44.0 Å². The fourth-order valence-electron chi connectivity index (χ4n) is 2.59. The minimum absolute atomic E-state index is 0.129. The summed E-state index contributed by atoms with van der Waals surface area (Å²) >= 11 is 0. The molecule has 0 radical (unpaired) electrons. The van der Waals surface area contributed by atoms with Crippen molar-refractivity contribution in [3.05, 3.63) is 53.7 Å². The number of anilines is 2. The SMILES string of the molecule is Cc1cccc(C(=O)Nc2ccc(NCC3CCCO3)nc2)c1. The Bertz CT molecular complexity index is 664. The molecular formula is C18H21N3O2. The quantitative estimate of drug-likeness (QED) is 0.890. The molecule has 1 fully saturated rings. The molecule has 1 aromatic carbocycles. The number of nitrogens with one attached hydrogen (secondary N) is 2. The van der Waals surface area contributed by atoms with Crippen LogP contribution in [-0.4, -0.2) is 30.1 Å². The fourth-order valence-corrected chi connectivity index (χ4v) is 2.59. The van der Waals surface area contributed by atoms with E-state index in [4.69, 9.17) is 4.74 Å². The maximum atomic E-state index is 12.2. The normalized spacial score (nSPS) is 17.0. The first-order chi connectivity index (χ1) is 11.2. The molecule has 0 saturated carbocycles. The molecule has 5 nitrogen and oxygen atoms in total. The van der Waals surface area contributed by atoms with Crippen molar-refractivity contribution in [3.8, 4) is 0 Å². The van der Waals surface area contributed by atoms with Gasteiger partial charge in [-0.3, -0.25) is 4.79 Å². The van der Waals surface area contributed by atoms with Crippen LogP contribution in [-0.2, 0) is 4.74 Å². The van der Waals surface area contributed by atoms with Gasteiger partial charge in [0.25, 0.3) is 5.91 Å². The monoisotopic (exact) mass is 311 g/mol. The van der Waals surface area contributed by atoms with E-state index in [0.717, 1.165) is 37.4 Å². The smallest absolute Gasteiger partial charge is 0.255 e.